The third-order valence-corrected chi connectivity index (χ3v) is 5.88. The molecule has 0 aromatic carbocycles. The Hall–Kier alpha value is -0.350. The maximum atomic E-state index is 4.59. The lowest BCUT2D eigenvalue weighted by molar-refractivity contribution is 0.232. The van der Waals surface area contributed by atoms with Gasteiger partial charge in [0.25, 0.3) is 0 Å². The second-order valence-corrected chi connectivity index (χ2v) is 6.62. The van der Waals surface area contributed by atoms with Crippen molar-refractivity contribution >= 4 is 15.9 Å². The minimum atomic E-state index is 0.554. The monoisotopic (exact) mass is 327 g/mol. The molecule has 0 bridgehead atoms. The van der Waals surface area contributed by atoms with Crippen LogP contribution in [0.1, 0.15) is 51.4 Å². The number of rotatable bonds is 5. The molecule has 0 aliphatic carbocycles. The summed E-state index contributed by atoms with van der Waals surface area (Å²) in [6.07, 6.45) is 3.94. The summed E-state index contributed by atoms with van der Waals surface area (Å²) in [4.78, 5) is 2.60. The first kappa shape index (κ1) is 15.0. The molecule has 1 aromatic heterocycles. The minimum Gasteiger partial charge on any atom is -0.297 e. The van der Waals surface area contributed by atoms with Crippen molar-refractivity contribution in [2.24, 2.45) is 5.41 Å². The van der Waals surface area contributed by atoms with E-state index >= 15 is 0 Å². The van der Waals surface area contributed by atoms with E-state index < -0.39 is 0 Å². The Kier molecular flexibility index (Phi) is 4.72. The highest BCUT2D eigenvalue weighted by atomic mass is 79.9. The van der Waals surface area contributed by atoms with Crippen molar-refractivity contribution in [2.75, 3.05) is 13.1 Å². The van der Waals surface area contributed by atoms with E-state index in [0.29, 0.717) is 5.41 Å². The smallest absolute Gasteiger partial charge is 0.0739 e. The van der Waals surface area contributed by atoms with Gasteiger partial charge in [0.05, 0.1) is 15.9 Å². The molecule has 108 valence electrons. The molecule has 3 nitrogen and oxygen atoms in total. The van der Waals surface area contributed by atoms with Crippen LogP contribution in [0.4, 0.5) is 0 Å². The quantitative estimate of drug-likeness (QED) is 0.815. The number of halogens is 1. The maximum absolute atomic E-state index is 4.59. The number of aryl methyl sites for hydroxylation is 2. The Morgan fingerprint density at radius 1 is 1.26 bits per heavy atom. The van der Waals surface area contributed by atoms with Gasteiger partial charge in [0, 0.05) is 19.6 Å². The van der Waals surface area contributed by atoms with Crippen LogP contribution in [0.15, 0.2) is 4.47 Å². The lowest BCUT2D eigenvalue weighted by Crippen LogP contribution is -2.27. The van der Waals surface area contributed by atoms with E-state index in [2.05, 4.69) is 58.3 Å². The molecule has 1 saturated heterocycles. The van der Waals surface area contributed by atoms with Crippen molar-refractivity contribution < 1.29 is 0 Å². The molecule has 0 spiro atoms. The molecule has 0 saturated carbocycles. The van der Waals surface area contributed by atoms with Gasteiger partial charge in [-0.25, -0.2) is 0 Å². The zero-order valence-electron chi connectivity index (χ0n) is 12.7. The lowest BCUT2D eigenvalue weighted by atomic mass is 9.82. The van der Waals surface area contributed by atoms with Crippen LogP contribution in [-0.2, 0) is 13.1 Å². The van der Waals surface area contributed by atoms with Crippen LogP contribution < -0.4 is 0 Å². The third kappa shape index (κ3) is 2.89. The largest absolute Gasteiger partial charge is 0.297 e. The van der Waals surface area contributed by atoms with E-state index in [9.17, 15) is 0 Å². The number of nitrogens with zero attached hydrogens (tertiary/aromatic N) is 3. The fourth-order valence-electron chi connectivity index (χ4n) is 3.22. The Balaban J connectivity index is 2.11. The van der Waals surface area contributed by atoms with Crippen LogP contribution >= 0.6 is 15.9 Å². The molecule has 2 rings (SSSR count). The Morgan fingerprint density at radius 3 is 2.47 bits per heavy atom. The van der Waals surface area contributed by atoms with E-state index in [-0.39, 0.29) is 0 Å². The van der Waals surface area contributed by atoms with Crippen LogP contribution in [0.25, 0.3) is 0 Å². The molecule has 1 aliphatic rings. The van der Waals surface area contributed by atoms with E-state index in [4.69, 9.17) is 0 Å². The van der Waals surface area contributed by atoms with Gasteiger partial charge in [0.15, 0.2) is 0 Å². The SMILES string of the molecule is CCn1nc(C)c(Br)c1CN1CCC(CC)(CC)C1. The number of likely N-dealkylation sites (tertiary alicyclic amines) is 1. The highest BCUT2D eigenvalue weighted by Gasteiger charge is 2.35. The predicted octanol–water partition coefficient (Wildman–Crippen LogP) is 3.99. The van der Waals surface area contributed by atoms with Gasteiger partial charge in [-0.15, -0.1) is 0 Å². The lowest BCUT2D eigenvalue weighted by Gasteiger charge is -2.26. The molecule has 0 radical (unpaired) electrons. The summed E-state index contributed by atoms with van der Waals surface area (Å²) in [6.45, 7) is 13.3. The van der Waals surface area contributed by atoms with Crippen molar-refractivity contribution in [1.29, 1.82) is 0 Å². The van der Waals surface area contributed by atoms with Crippen molar-refractivity contribution in [3.8, 4) is 0 Å². The van der Waals surface area contributed by atoms with Gasteiger partial charge in [-0.05, 0) is 61.0 Å². The first-order chi connectivity index (χ1) is 9.05. The summed E-state index contributed by atoms with van der Waals surface area (Å²) in [5.41, 5.74) is 3.00. The van der Waals surface area contributed by atoms with E-state index in [0.717, 1.165) is 18.8 Å². The van der Waals surface area contributed by atoms with Crippen LogP contribution in [0.2, 0.25) is 0 Å². The van der Waals surface area contributed by atoms with Crippen LogP contribution in [0, 0.1) is 12.3 Å². The fraction of sp³-hybridized carbons (Fsp3) is 0.800. The van der Waals surface area contributed by atoms with Crippen molar-refractivity contribution in [3.05, 3.63) is 15.9 Å². The zero-order valence-corrected chi connectivity index (χ0v) is 14.3. The molecule has 1 aliphatic heterocycles. The molecule has 19 heavy (non-hydrogen) atoms. The Bertz CT molecular complexity index is 435. The van der Waals surface area contributed by atoms with Gasteiger partial charge < -0.3 is 0 Å². The predicted molar refractivity (Wildman–Crippen MR) is 83.2 cm³/mol. The molecule has 0 unspecified atom stereocenters. The van der Waals surface area contributed by atoms with Crippen LogP contribution in [0.3, 0.4) is 0 Å². The summed E-state index contributed by atoms with van der Waals surface area (Å²) in [5.74, 6) is 0. The van der Waals surface area contributed by atoms with Crippen molar-refractivity contribution in [3.63, 3.8) is 0 Å². The van der Waals surface area contributed by atoms with Gasteiger partial charge in [-0.1, -0.05) is 13.8 Å². The van der Waals surface area contributed by atoms with Crippen molar-refractivity contribution in [1.82, 2.24) is 14.7 Å². The minimum absolute atomic E-state index is 0.554. The second-order valence-electron chi connectivity index (χ2n) is 5.83. The Morgan fingerprint density at radius 2 is 1.95 bits per heavy atom. The van der Waals surface area contributed by atoms with Crippen molar-refractivity contribution in [2.45, 2.75) is 60.0 Å². The molecule has 0 N–H and O–H groups in total. The number of hydrogen-bond donors (Lipinski definition) is 0. The topological polar surface area (TPSA) is 21.1 Å². The summed E-state index contributed by atoms with van der Waals surface area (Å²) < 4.78 is 3.33. The standard InChI is InChI=1S/C15H26BrN3/c1-5-15(6-2)8-9-18(11-15)10-13-14(16)12(4)17-19(13)7-3/h5-11H2,1-4H3. The molecule has 1 aromatic rings. The zero-order chi connectivity index (χ0) is 14.0. The second kappa shape index (κ2) is 5.96. The molecular formula is C15H26BrN3. The summed E-state index contributed by atoms with van der Waals surface area (Å²) in [7, 11) is 0. The van der Waals surface area contributed by atoms with Gasteiger partial charge in [-0.2, -0.15) is 5.10 Å². The highest BCUT2D eigenvalue weighted by Crippen LogP contribution is 2.38. The van der Waals surface area contributed by atoms with Gasteiger partial charge in [-0.3, -0.25) is 9.58 Å². The first-order valence-electron chi connectivity index (χ1n) is 7.49. The third-order valence-electron chi connectivity index (χ3n) is 4.84. The average Bonchev–Trinajstić information content (AvgIpc) is 2.96. The molecule has 1 fully saturated rings. The van der Waals surface area contributed by atoms with Gasteiger partial charge in [0.2, 0.25) is 0 Å². The van der Waals surface area contributed by atoms with E-state index in [1.165, 1.54) is 42.5 Å². The van der Waals surface area contributed by atoms with Crippen LogP contribution in [-0.4, -0.2) is 27.8 Å². The first-order valence-corrected chi connectivity index (χ1v) is 8.28. The van der Waals surface area contributed by atoms with E-state index in [1.807, 2.05) is 0 Å². The average molecular weight is 328 g/mol. The normalized spacial score (nSPS) is 19.2. The van der Waals surface area contributed by atoms with Gasteiger partial charge in [0.1, 0.15) is 0 Å². The summed E-state index contributed by atoms with van der Waals surface area (Å²) in [6, 6.07) is 0. The molecule has 4 heteroatoms. The van der Waals surface area contributed by atoms with Gasteiger partial charge >= 0.3 is 0 Å². The highest BCUT2D eigenvalue weighted by molar-refractivity contribution is 9.10. The molecule has 2 heterocycles. The Labute approximate surface area is 125 Å². The summed E-state index contributed by atoms with van der Waals surface area (Å²) >= 11 is 3.70. The number of aromatic nitrogens is 2. The molecular weight excluding hydrogens is 302 g/mol. The molecule has 0 amide bonds. The maximum Gasteiger partial charge on any atom is 0.0739 e. The van der Waals surface area contributed by atoms with Crippen LogP contribution in [0.5, 0.6) is 0 Å². The number of hydrogen-bond acceptors (Lipinski definition) is 2. The summed E-state index contributed by atoms with van der Waals surface area (Å²) in [5, 5.41) is 4.59. The van der Waals surface area contributed by atoms with E-state index in [1.54, 1.807) is 0 Å². The molecule has 0 atom stereocenters. The fourth-order valence-corrected chi connectivity index (χ4v) is 3.63.